The Morgan fingerprint density at radius 3 is 2.42 bits per heavy atom. The van der Waals surface area contributed by atoms with Gasteiger partial charge in [0.2, 0.25) is 0 Å². The van der Waals surface area contributed by atoms with Crippen LogP contribution < -0.4 is 0 Å². The van der Waals surface area contributed by atoms with Crippen LogP contribution in [0.3, 0.4) is 0 Å². The van der Waals surface area contributed by atoms with E-state index in [2.05, 4.69) is 0 Å². The topological polar surface area (TPSA) is 37.3 Å². The predicted molar refractivity (Wildman–Crippen MR) is 78.3 cm³/mol. The molecule has 1 atom stereocenters. The van der Waals surface area contributed by atoms with Gasteiger partial charge in [0.1, 0.15) is 0 Å². The average Bonchev–Trinajstić information content (AvgIpc) is 2.42. The summed E-state index contributed by atoms with van der Waals surface area (Å²) in [7, 11) is 0. The van der Waals surface area contributed by atoms with E-state index in [1.165, 1.54) is 0 Å². The molecule has 0 aromatic heterocycles. The highest BCUT2D eigenvalue weighted by Crippen LogP contribution is 2.30. The van der Waals surface area contributed by atoms with Gasteiger partial charge in [-0.25, -0.2) is 0 Å². The molecule has 0 aliphatic rings. The summed E-state index contributed by atoms with van der Waals surface area (Å²) in [6.07, 6.45) is -0.705. The molecule has 0 saturated carbocycles. The lowest BCUT2D eigenvalue weighted by molar-refractivity contribution is -0.112. The molecule has 98 valence electrons. The number of hydrogen-bond donors (Lipinski definition) is 1. The SMILES string of the molecule is O=C(C[C@@H](O)c1ccccc1)Sc1ccccc1Cl. The number of halogens is 1. The molecule has 0 heterocycles. The Morgan fingerprint density at radius 1 is 1.11 bits per heavy atom. The van der Waals surface area contributed by atoms with Gasteiger partial charge in [-0.2, -0.15) is 0 Å². The van der Waals surface area contributed by atoms with E-state index in [9.17, 15) is 9.90 Å². The molecule has 0 bridgehead atoms. The molecule has 2 aromatic carbocycles. The Bertz CT molecular complexity index is 557. The minimum absolute atomic E-state index is 0.0693. The number of aliphatic hydroxyl groups excluding tert-OH is 1. The summed E-state index contributed by atoms with van der Waals surface area (Å²) >= 11 is 7.05. The maximum absolute atomic E-state index is 11.9. The van der Waals surface area contributed by atoms with Gasteiger partial charge in [-0.1, -0.05) is 65.8 Å². The lowest BCUT2D eigenvalue weighted by Gasteiger charge is -2.10. The van der Waals surface area contributed by atoms with Crippen molar-refractivity contribution >= 4 is 28.5 Å². The van der Waals surface area contributed by atoms with E-state index in [4.69, 9.17) is 11.6 Å². The van der Waals surface area contributed by atoms with Crippen LogP contribution >= 0.6 is 23.4 Å². The standard InChI is InChI=1S/C15H13ClO2S/c16-12-8-4-5-9-14(12)19-15(18)10-13(17)11-6-2-1-3-7-11/h1-9,13,17H,10H2/t13-/m1/s1. The second kappa shape index (κ2) is 6.75. The molecule has 0 aliphatic heterocycles. The number of carbonyl (C=O) groups is 1. The van der Waals surface area contributed by atoms with Gasteiger partial charge in [0.15, 0.2) is 5.12 Å². The van der Waals surface area contributed by atoms with Crippen molar-refractivity contribution in [3.63, 3.8) is 0 Å². The molecule has 0 aliphatic carbocycles. The summed E-state index contributed by atoms with van der Waals surface area (Å²) in [5, 5.41) is 10.4. The van der Waals surface area contributed by atoms with Crippen molar-refractivity contribution in [2.24, 2.45) is 0 Å². The van der Waals surface area contributed by atoms with Gasteiger partial charge in [-0.3, -0.25) is 4.79 Å². The van der Waals surface area contributed by atoms with Crippen molar-refractivity contribution in [1.82, 2.24) is 0 Å². The Kier molecular flexibility index (Phi) is 5.02. The van der Waals surface area contributed by atoms with E-state index < -0.39 is 6.10 Å². The van der Waals surface area contributed by atoms with Crippen LogP contribution in [0.25, 0.3) is 0 Å². The van der Waals surface area contributed by atoms with Crippen LogP contribution in [0, 0.1) is 0 Å². The Hall–Kier alpha value is -1.29. The fourth-order valence-corrected chi connectivity index (χ4v) is 2.69. The largest absolute Gasteiger partial charge is 0.388 e. The van der Waals surface area contributed by atoms with E-state index in [1.807, 2.05) is 30.3 Å². The van der Waals surface area contributed by atoms with Gasteiger partial charge in [0.25, 0.3) is 0 Å². The Labute approximate surface area is 121 Å². The number of aliphatic hydroxyl groups is 1. The van der Waals surface area contributed by atoms with Crippen LogP contribution in [-0.2, 0) is 4.79 Å². The molecule has 0 radical (unpaired) electrons. The van der Waals surface area contributed by atoms with Crippen LogP contribution in [0.4, 0.5) is 0 Å². The van der Waals surface area contributed by atoms with Crippen molar-refractivity contribution in [3.8, 4) is 0 Å². The third-order valence-corrected chi connectivity index (χ3v) is 4.02. The second-order valence-corrected chi connectivity index (χ2v) is 5.54. The van der Waals surface area contributed by atoms with Crippen LogP contribution in [0.1, 0.15) is 18.1 Å². The Morgan fingerprint density at radius 2 is 1.74 bits per heavy atom. The first-order valence-electron chi connectivity index (χ1n) is 5.85. The molecule has 0 fully saturated rings. The van der Waals surface area contributed by atoms with Gasteiger partial charge >= 0.3 is 0 Å². The number of rotatable bonds is 4. The summed E-state index contributed by atoms with van der Waals surface area (Å²) in [5.41, 5.74) is 0.746. The van der Waals surface area contributed by atoms with Crippen molar-refractivity contribution in [1.29, 1.82) is 0 Å². The van der Waals surface area contributed by atoms with Crippen LogP contribution in [0.5, 0.6) is 0 Å². The first-order chi connectivity index (χ1) is 9.16. The number of carbonyl (C=O) groups excluding carboxylic acids is 1. The quantitative estimate of drug-likeness (QED) is 0.863. The number of hydrogen-bond acceptors (Lipinski definition) is 3. The zero-order valence-electron chi connectivity index (χ0n) is 10.1. The summed E-state index contributed by atoms with van der Waals surface area (Å²) in [5.74, 6) is 0. The van der Waals surface area contributed by atoms with Crippen molar-refractivity contribution in [2.75, 3.05) is 0 Å². The molecule has 4 heteroatoms. The normalized spacial score (nSPS) is 12.1. The first-order valence-corrected chi connectivity index (χ1v) is 7.04. The van der Waals surface area contributed by atoms with Gasteiger partial charge in [0.05, 0.1) is 11.1 Å². The zero-order chi connectivity index (χ0) is 13.7. The summed E-state index contributed by atoms with van der Waals surface area (Å²) in [6, 6.07) is 16.3. The fourth-order valence-electron chi connectivity index (χ4n) is 1.64. The molecule has 0 spiro atoms. The Balaban J connectivity index is 1.97. The molecule has 0 amide bonds. The average molecular weight is 293 g/mol. The lowest BCUT2D eigenvalue weighted by Crippen LogP contribution is -2.03. The molecule has 0 saturated heterocycles. The zero-order valence-corrected chi connectivity index (χ0v) is 11.7. The molecule has 2 aromatic rings. The van der Waals surface area contributed by atoms with Crippen molar-refractivity contribution in [3.05, 3.63) is 65.2 Å². The van der Waals surface area contributed by atoms with Crippen molar-refractivity contribution in [2.45, 2.75) is 17.4 Å². The highest BCUT2D eigenvalue weighted by Gasteiger charge is 2.14. The maximum atomic E-state index is 11.9. The fraction of sp³-hybridized carbons (Fsp3) is 0.133. The van der Waals surface area contributed by atoms with E-state index in [0.717, 1.165) is 22.2 Å². The van der Waals surface area contributed by atoms with E-state index >= 15 is 0 Å². The number of benzene rings is 2. The summed E-state index contributed by atoms with van der Waals surface area (Å²) < 4.78 is 0. The molecular weight excluding hydrogens is 280 g/mol. The molecular formula is C15H13ClO2S. The van der Waals surface area contributed by atoms with Crippen LogP contribution in [0.2, 0.25) is 5.02 Å². The van der Waals surface area contributed by atoms with Gasteiger partial charge in [0, 0.05) is 11.3 Å². The third-order valence-electron chi connectivity index (χ3n) is 2.60. The van der Waals surface area contributed by atoms with E-state index in [0.29, 0.717) is 5.02 Å². The maximum Gasteiger partial charge on any atom is 0.196 e. The summed E-state index contributed by atoms with van der Waals surface area (Å²) in [4.78, 5) is 12.6. The van der Waals surface area contributed by atoms with Gasteiger partial charge in [-0.05, 0) is 17.7 Å². The van der Waals surface area contributed by atoms with E-state index in [1.54, 1.807) is 24.3 Å². The smallest absolute Gasteiger partial charge is 0.196 e. The first kappa shape index (κ1) is 14.1. The van der Waals surface area contributed by atoms with Crippen LogP contribution in [-0.4, -0.2) is 10.2 Å². The number of thioether (sulfide) groups is 1. The monoisotopic (exact) mass is 292 g/mol. The highest BCUT2D eigenvalue weighted by atomic mass is 35.5. The molecule has 2 rings (SSSR count). The predicted octanol–water partition coefficient (Wildman–Crippen LogP) is 4.08. The van der Waals surface area contributed by atoms with E-state index in [-0.39, 0.29) is 11.5 Å². The highest BCUT2D eigenvalue weighted by molar-refractivity contribution is 8.13. The second-order valence-electron chi connectivity index (χ2n) is 4.04. The molecule has 2 nitrogen and oxygen atoms in total. The summed E-state index contributed by atoms with van der Waals surface area (Å²) in [6.45, 7) is 0. The molecule has 0 unspecified atom stereocenters. The minimum atomic E-state index is -0.774. The van der Waals surface area contributed by atoms with Gasteiger partial charge < -0.3 is 5.11 Å². The lowest BCUT2D eigenvalue weighted by atomic mass is 10.1. The van der Waals surface area contributed by atoms with Crippen LogP contribution in [0.15, 0.2) is 59.5 Å². The molecule has 19 heavy (non-hydrogen) atoms. The van der Waals surface area contributed by atoms with Crippen molar-refractivity contribution < 1.29 is 9.90 Å². The minimum Gasteiger partial charge on any atom is -0.388 e. The molecule has 1 N–H and O–H groups in total. The van der Waals surface area contributed by atoms with Gasteiger partial charge in [-0.15, -0.1) is 0 Å². The third kappa shape index (κ3) is 4.10.